The molecular weight excluding hydrogens is 460 g/mol. The number of sulfonamides is 1. The first-order chi connectivity index (χ1) is 15.7. The summed E-state index contributed by atoms with van der Waals surface area (Å²) in [5.41, 5.74) is 1.31. The van der Waals surface area contributed by atoms with Crippen LogP contribution in [0.4, 0.5) is 5.69 Å². The molecule has 0 spiro atoms. The van der Waals surface area contributed by atoms with Gasteiger partial charge in [0.1, 0.15) is 0 Å². The third-order valence-corrected chi connectivity index (χ3v) is 7.27. The second-order valence-corrected chi connectivity index (χ2v) is 10.0. The number of unbranched alkanes of at least 4 members (excludes halogenated alkanes) is 1. The number of hydrogen-bond acceptors (Lipinski definition) is 4. The molecule has 1 N–H and O–H groups in total. The van der Waals surface area contributed by atoms with Crippen molar-refractivity contribution in [3.63, 3.8) is 0 Å². The van der Waals surface area contributed by atoms with Crippen molar-refractivity contribution in [2.75, 3.05) is 18.9 Å². The zero-order valence-corrected chi connectivity index (χ0v) is 20.0. The first-order valence-corrected chi connectivity index (χ1v) is 12.3. The molecule has 0 atom stereocenters. The Bertz CT molecular complexity index is 1240. The summed E-state index contributed by atoms with van der Waals surface area (Å²) in [6, 6.07) is 19.1. The van der Waals surface area contributed by atoms with Crippen molar-refractivity contribution in [1.82, 2.24) is 4.31 Å². The van der Waals surface area contributed by atoms with Gasteiger partial charge in [0.05, 0.1) is 10.6 Å². The van der Waals surface area contributed by atoms with Crippen molar-refractivity contribution in [3.8, 4) is 0 Å². The van der Waals surface area contributed by atoms with Gasteiger partial charge in [0, 0.05) is 35.3 Å². The highest BCUT2D eigenvalue weighted by atomic mass is 35.5. The van der Waals surface area contributed by atoms with Crippen LogP contribution in [-0.2, 0) is 10.0 Å². The van der Waals surface area contributed by atoms with Gasteiger partial charge in [0.25, 0.3) is 5.91 Å². The van der Waals surface area contributed by atoms with Gasteiger partial charge in [-0.3, -0.25) is 9.59 Å². The summed E-state index contributed by atoms with van der Waals surface area (Å²) in [7, 11) is -2.08. The molecule has 0 aliphatic heterocycles. The van der Waals surface area contributed by atoms with Gasteiger partial charge < -0.3 is 5.32 Å². The molecule has 0 saturated heterocycles. The number of anilines is 1. The molecule has 0 fully saturated rings. The summed E-state index contributed by atoms with van der Waals surface area (Å²) in [5.74, 6) is -0.743. The van der Waals surface area contributed by atoms with Crippen molar-refractivity contribution in [1.29, 1.82) is 0 Å². The van der Waals surface area contributed by atoms with Crippen LogP contribution in [0.3, 0.4) is 0 Å². The van der Waals surface area contributed by atoms with Gasteiger partial charge in [0.2, 0.25) is 10.0 Å². The van der Waals surface area contributed by atoms with Crippen LogP contribution in [0.2, 0.25) is 5.02 Å². The quantitative estimate of drug-likeness (QED) is 0.421. The van der Waals surface area contributed by atoms with Crippen molar-refractivity contribution in [3.05, 3.63) is 94.5 Å². The molecule has 0 bridgehead atoms. The number of rotatable bonds is 9. The van der Waals surface area contributed by atoms with Crippen molar-refractivity contribution >= 4 is 39.0 Å². The molecule has 3 aromatic carbocycles. The highest BCUT2D eigenvalue weighted by molar-refractivity contribution is 7.89. The molecule has 8 heteroatoms. The van der Waals surface area contributed by atoms with Gasteiger partial charge in [-0.2, -0.15) is 0 Å². The van der Waals surface area contributed by atoms with E-state index >= 15 is 0 Å². The van der Waals surface area contributed by atoms with Crippen molar-refractivity contribution in [2.24, 2.45) is 0 Å². The second-order valence-electron chi connectivity index (χ2n) is 7.54. The fourth-order valence-corrected chi connectivity index (χ4v) is 4.59. The minimum atomic E-state index is -3.62. The van der Waals surface area contributed by atoms with Gasteiger partial charge >= 0.3 is 0 Å². The Morgan fingerprint density at radius 2 is 1.61 bits per heavy atom. The average molecular weight is 485 g/mol. The summed E-state index contributed by atoms with van der Waals surface area (Å²) in [6.45, 7) is 2.42. The van der Waals surface area contributed by atoms with E-state index in [0.29, 0.717) is 22.8 Å². The van der Waals surface area contributed by atoms with Crippen LogP contribution in [-0.4, -0.2) is 38.0 Å². The standard InChI is InChI=1S/C25H25ClN2O4S/c1-3-4-16-28(2)33(31,32)21-13-10-19(11-14-21)25(30)27-23-15-12-20(26)17-22(23)24(29)18-8-6-5-7-9-18/h5-15,17H,3-4,16H2,1-2H3,(H,27,30). The molecule has 0 aliphatic carbocycles. The Morgan fingerprint density at radius 1 is 0.939 bits per heavy atom. The maximum atomic E-state index is 12.9. The average Bonchev–Trinajstić information content (AvgIpc) is 2.83. The summed E-state index contributed by atoms with van der Waals surface area (Å²) in [6.07, 6.45) is 1.65. The lowest BCUT2D eigenvalue weighted by Crippen LogP contribution is -2.28. The Kier molecular flexibility index (Phi) is 8.02. The van der Waals surface area contributed by atoms with Gasteiger partial charge in [-0.15, -0.1) is 0 Å². The van der Waals surface area contributed by atoms with Gasteiger partial charge in [-0.1, -0.05) is 55.3 Å². The maximum absolute atomic E-state index is 12.9. The molecule has 0 aromatic heterocycles. The Hall–Kier alpha value is -3.00. The van der Waals surface area contributed by atoms with E-state index in [9.17, 15) is 18.0 Å². The van der Waals surface area contributed by atoms with E-state index in [1.807, 2.05) is 13.0 Å². The zero-order valence-electron chi connectivity index (χ0n) is 18.4. The largest absolute Gasteiger partial charge is 0.321 e. The van der Waals surface area contributed by atoms with Gasteiger partial charge in [-0.25, -0.2) is 12.7 Å². The SMILES string of the molecule is CCCCN(C)S(=O)(=O)c1ccc(C(=O)Nc2ccc(Cl)cc2C(=O)c2ccccc2)cc1. The maximum Gasteiger partial charge on any atom is 0.255 e. The van der Waals surface area contributed by atoms with E-state index in [0.717, 1.165) is 12.8 Å². The first kappa shape index (κ1) is 24.6. The number of carbonyl (C=O) groups is 2. The molecule has 0 saturated carbocycles. The molecule has 3 rings (SSSR count). The van der Waals surface area contributed by atoms with E-state index in [1.54, 1.807) is 36.4 Å². The molecule has 33 heavy (non-hydrogen) atoms. The van der Waals surface area contributed by atoms with E-state index in [2.05, 4.69) is 5.32 Å². The van der Waals surface area contributed by atoms with Crippen LogP contribution < -0.4 is 5.32 Å². The zero-order chi connectivity index (χ0) is 24.0. The van der Waals surface area contributed by atoms with Crippen LogP contribution in [0.1, 0.15) is 46.0 Å². The lowest BCUT2D eigenvalue weighted by molar-refractivity contribution is 0.102. The fraction of sp³-hybridized carbons (Fsp3) is 0.200. The lowest BCUT2D eigenvalue weighted by atomic mass is 10.0. The second kappa shape index (κ2) is 10.7. The molecule has 3 aromatic rings. The van der Waals surface area contributed by atoms with Gasteiger partial charge in [0.15, 0.2) is 5.78 Å². The first-order valence-electron chi connectivity index (χ1n) is 10.5. The van der Waals surface area contributed by atoms with Crippen LogP contribution >= 0.6 is 11.6 Å². The summed E-state index contributed by atoms with van der Waals surface area (Å²) >= 11 is 6.09. The number of ketones is 1. The molecule has 0 unspecified atom stereocenters. The number of halogens is 1. The van der Waals surface area contributed by atoms with Crippen LogP contribution in [0.5, 0.6) is 0 Å². The Labute approximate surface area is 199 Å². The minimum absolute atomic E-state index is 0.115. The van der Waals surface area contributed by atoms with Crippen LogP contribution in [0, 0.1) is 0 Å². The highest BCUT2D eigenvalue weighted by Gasteiger charge is 2.21. The summed E-state index contributed by atoms with van der Waals surface area (Å²) in [4.78, 5) is 25.9. The predicted molar refractivity (Wildman–Crippen MR) is 130 cm³/mol. The molecule has 6 nitrogen and oxygen atoms in total. The summed E-state index contributed by atoms with van der Waals surface area (Å²) in [5, 5.41) is 3.10. The van der Waals surface area contributed by atoms with Gasteiger partial charge in [-0.05, 0) is 48.9 Å². The van der Waals surface area contributed by atoms with E-state index in [-0.39, 0.29) is 21.8 Å². The number of amides is 1. The molecule has 0 aliphatic rings. The normalized spacial score (nSPS) is 11.4. The topological polar surface area (TPSA) is 83.6 Å². The van der Waals surface area contributed by atoms with Crippen molar-refractivity contribution in [2.45, 2.75) is 24.7 Å². The third kappa shape index (κ3) is 5.87. The lowest BCUT2D eigenvalue weighted by Gasteiger charge is -2.17. The van der Waals surface area contributed by atoms with Crippen molar-refractivity contribution < 1.29 is 18.0 Å². The Morgan fingerprint density at radius 3 is 2.24 bits per heavy atom. The van der Waals surface area contributed by atoms with E-state index in [1.165, 1.54) is 41.7 Å². The molecule has 1 amide bonds. The number of benzene rings is 3. The third-order valence-electron chi connectivity index (χ3n) is 5.16. The van der Waals surface area contributed by atoms with Crippen LogP contribution in [0.25, 0.3) is 0 Å². The smallest absolute Gasteiger partial charge is 0.255 e. The fourth-order valence-electron chi connectivity index (χ4n) is 3.21. The van der Waals surface area contributed by atoms with Crippen LogP contribution in [0.15, 0.2) is 77.7 Å². The molecule has 0 radical (unpaired) electrons. The molecule has 172 valence electrons. The predicted octanol–water partition coefficient (Wildman–Crippen LogP) is 5.24. The number of carbonyl (C=O) groups excluding carboxylic acids is 2. The summed E-state index contributed by atoms with van der Waals surface area (Å²) < 4.78 is 26.6. The number of hydrogen-bond donors (Lipinski definition) is 1. The molecular formula is C25H25ClN2O4S. The minimum Gasteiger partial charge on any atom is -0.321 e. The molecule has 0 heterocycles. The van der Waals surface area contributed by atoms with E-state index < -0.39 is 15.9 Å². The highest BCUT2D eigenvalue weighted by Crippen LogP contribution is 2.25. The number of nitrogens with zero attached hydrogens (tertiary/aromatic N) is 1. The monoisotopic (exact) mass is 484 g/mol. The Balaban J connectivity index is 1.82. The van der Waals surface area contributed by atoms with E-state index in [4.69, 9.17) is 11.6 Å². The number of nitrogens with one attached hydrogen (secondary N) is 1.